The van der Waals surface area contributed by atoms with Crippen molar-refractivity contribution in [2.75, 3.05) is 0 Å². The summed E-state index contributed by atoms with van der Waals surface area (Å²) in [6.07, 6.45) is 1.69. The first-order chi connectivity index (χ1) is 15.6. The van der Waals surface area contributed by atoms with E-state index in [0.29, 0.717) is 22.9 Å². The molecule has 0 radical (unpaired) electrons. The van der Waals surface area contributed by atoms with E-state index in [1.165, 1.54) is 12.1 Å². The monoisotopic (exact) mass is 446 g/mol. The van der Waals surface area contributed by atoms with E-state index in [4.69, 9.17) is 16.3 Å². The predicted octanol–water partition coefficient (Wildman–Crippen LogP) is 5.90. The fourth-order valence-corrected chi connectivity index (χ4v) is 3.40. The minimum Gasteiger partial charge on any atom is -0.488 e. The summed E-state index contributed by atoms with van der Waals surface area (Å²) >= 11 is 5.95. The number of amides is 1. The van der Waals surface area contributed by atoms with Crippen molar-refractivity contribution in [1.29, 1.82) is 0 Å². The number of nitrogens with one attached hydrogen (secondary N) is 1. The number of fused-ring (bicyclic) bond motifs is 1. The summed E-state index contributed by atoms with van der Waals surface area (Å²) < 4.78 is 19.1. The highest BCUT2D eigenvalue weighted by Crippen LogP contribution is 2.27. The van der Waals surface area contributed by atoms with E-state index in [-0.39, 0.29) is 18.1 Å². The Morgan fingerprint density at radius 1 is 0.938 bits per heavy atom. The Balaban J connectivity index is 1.51. The fourth-order valence-electron chi connectivity index (χ4n) is 3.27. The molecule has 4 aromatic rings. The molecule has 0 bridgehead atoms. The fraction of sp³-hybridized carbons (Fsp3) is 0.0769. The molecule has 0 unspecified atom stereocenters. The van der Waals surface area contributed by atoms with Gasteiger partial charge in [0.25, 0.3) is 0 Å². The van der Waals surface area contributed by atoms with Crippen LogP contribution in [0.25, 0.3) is 10.8 Å². The zero-order valence-electron chi connectivity index (χ0n) is 17.1. The van der Waals surface area contributed by atoms with Crippen molar-refractivity contribution in [3.05, 3.63) is 112 Å². The van der Waals surface area contributed by atoms with Crippen molar-refractivity contribution >= 4 is 34.5 Å². The molecule has 4 rings (SSSR count). The van der Waals surface area contributed by atoms with Gasteiger partial charge in [-0.2, -0.15) is 5.10 Å². The zero-order chi connectivity index (χ0) is 22.3. The summed E-state index contributed by atoms with van der Waals surface area (Å²) in [7, 11) is 0. The molecule has 4 aromatic carbocycles. The Morgan fingerprint density at radius 3 is 2.44 bits per heavy atom. The minimum absolute atomic E-state index is 0.104. The molecule has 0 aliphatic carbocycles. The third-order valence-electron chi connectivity index (χ3n) is 4.90. The van der Waals surface area contributed by atoms with E-state index in [0.717, 1.165) is 21.9 Å². The quantitative estimate of drug-likeness (QED) is 0.283. The Morgan fingerprint density at radius 2 is 1.66 bits per heavy atom. The van der Waals surface area contributed by atoms with Gasteiger partial charge in [-0.25, -0.2) is 9.82 Å². The number of carbonyl (C=O) groups excluding carboxylic acids is 1. The van der Waals surface area contributed by atoms with Crippen molar-refractivity contribution in [2.24, 2.45) is 5.10 Å². The predicted molar refractivity (Wildman–Crippen MR) is 126 cm³/mol. The average molecular weight is 447 g/mol. The number of rotatable bonds is 7. The van der Waals surface area contributed by atoms with Crippen LogP contribution >= 0.6 is 11.6 Å². The number of carbonyl (C=O) groups is 1. The number of hydrazone groups is 1. The van der Waals surface area contributed by atoms with Crippen LogP contribution in [0.15, 0.2) is 90.0 Å². The van der Waals surface area contributed by atoms with E-state index in [2.05, 4.69) is 10.5 Å². The molecule has 32 heavy (non-hydrogen) atoms. The third-order valence-corrected chi connectivity index (χ3v) is 5.15. The number of ether oxygens (including phenoxy) is 1. The third kappa shape index (κ3) is 5.50. The molecule has 1 amide bonds. The van der Waals surface area contributed by atoms with E-state index in [9.17, 15) is 9.18 Å². The van der Waals surface area contributed by atoms with Crippen LogP contribution in [0.5, 0.6) is 5.75 Å². The van der Waals surface area contributed by atoms with E-state index in [1.54, 1.807) is 18.3 Å². The van der Waals surface area contributed by atoms with Crippen LogP contribution in [-0.4, -0.2) is 12.1 Å². The summed E-state index contributed by atoms with van der Waals surface area (Å²) in [6.45, 7) is 0.368. The molecule has 0 aromatic heterocycles. The van der Waals surface area contributed by atoms with Crippen LogP contribution in [-0.2, 0) is 17.8 Å². The van der Waals surface area contributed by atoms with Gasteiger partial charge in [-0.15, -0.1) is 0 Å². The molecular formula is C26H20ClFN2O2. The van der Waals surface area contributed by atoms with Gasteiger partial charge >= 0.3 is 0 Å². The van der Waals surface area contributed by atoms with E-state index in [1.807, 2.05) is 60.7 Å². The van der Waals surface area contributed by atoms with Crippen molar-refractivity contribution in [3.63, 3.8) is 0 Å². The van der Waals surface area contributed by atoms with Gasteiger partial charge in [0.2, 0.25) is 5.91 Å². The maximum Gasteiger partial charge on any atom is 0.244 e. The van der Waals surface area contributed by atoms with Crippen LogP contribution in [0.2, 0.25) is 5.02 Å². The number of nitrogens with zero attached hydrogens (tertiary/aromatic N) is 1. The van der Waals surface area contributed by atoms with Crippen LogP contribution in [0.3, 0.4) is 0 Å². The lowest BCUT2D eigenvalue weighted by Gasteiger charge is -2.12. The molecule has 160 valence electrons. The molecule has 0 aliphatic rings. The number of benzene rings is 4. The summed E-state index contributed by atoms with van der Waals surface area (Å²) in [6, 6.07) is 25.0. The molecule has 0 saturated carbocycles. The number of hydrogen-bond acceptors (Lipinski definition) is 3. The normalized spacial score (nSPS) is 11.1. The first-order valence-corrected chi connectivity index (χ1v) is 10.4. The number of halogens is 2. The maximum absolute atomic E-state index is 13.0. The Hall–Kier alpha value is -3.70. The van der Waals surface area contributed by atoms with Gasteiger partial charge in [-0.3, -0.25) is 4.79 Å². The van der Waals surface area contributed by atoms with Crippen LogP contribution in [0, 0.1) is 5.82 Å². The molecule has 0 spiro atoms. The number of hydrogen-bond donors (Lipinski definition) is 1. The smallest absolute Gasteiger partial charge is 0.244 e. The van der Waals surface area contributed by atoms with Crippen LogP contribution in [0.4, 0.5) is 4.39 Å². The Kier molecular flexibility index (Phi) is 6.78. The Labute approximate surface area is 190 Å². The lowest BCUT2D eigenvalue weighted by molar-refractivity contribution is -0.120. The molecule has 0 saturated heterocycles. The summed E-state index contributed by atoms with van der Waals surface area (Å²) in [5, 5.41) is 6.80. The lowest BCUT2D eigenvalue weighted by atomic mass is 10.0. The highest BCUT2D eigenvalue weighted by Gasteiger charge is 2.09. The summed E-state index contributed by atoms with van der Waals surface area (Å²) in [5.74, 6) is 0.0150. The van der Waals surface area contributed by atoms with Gasteiger partial charge in [0.15, 0.2) is 0 Å². The second kappa shape index (κ2) is 10.1. The second-order valence-corrected chi connectivity index (χ2v) is 7.65. The molecule has 6 heteroatoms. The second-order valence-electron chi connectivity index (χ2n) is 7.21. The lowest BCUT2D eigenvalue weighted by Crippen LogP contribution is -2.19. The van der Waals surface area contributed by atoms with Crippen LogP contribution < -0.4 is 10.2 Å². The van der Waals surface area contributed by atoms with E-state index < -0.39 is 0 Å². The van der Waals surface area contributed by atoms with Crippen LogP contribution in [0.1, 0.15) is 16.7 Å². The van der Waals surface area contributed by atoms with Gasteiger partial charge in [-0.1, -0.05) is 66.2 Å². The standard InChI is InChI=1S/C26H20ClFN2O2/c27-21-10-5-19(6-11-21)17-32-25-14-9-20-3-1-2-4-23(20)24(25)16-29-30-26(31)15-18-7-12-22(28)13-8-18/h1-14,16H,15,17H2,(H,30,31)/b29-16+. The SMILES string of the molecule is O=C(Cc1ccc(F)cc1)N/N=C/c1c(OCc2ccc(Cl)cc2)ccc2ccccc12. The first-order valence-electron chi connectivity index (χ1n) is 10.0. The van der Waals surface area contributed by atoms with Crippen molar-refractivity contribution in [3.8, 4) is 5.75 Å². The minimum atomic E-state index is -0.339. The molecule has 0 aliphatic heterocycles. The van der Waals surface area contributed by atoms with Crippen molar-refractivity contribution < 1.29 is 13.9 Å². The van der Waals surface area contributed by atoms with Gasteiger partial charge in [0.1, 0.15) is 18.2 Å². The zero-order valence-corrected chi connectivity index (χ0v) is 17.9. The van der Waals surface area contributed by atoms with Crippen molar-refractivity contribution in [2.45, 2.75) is 13.0 Å². The topological polar surface area (TPSA) is 50.7 Å². The highest BCUT2D eigenvalue weighted by atomic mass is 35.5. The summed E-state index contributed by atoms with van der Waals surface area (Å²) in [5.41, 5.74) is 4.98. The van der Waals surface area contributed by atoms with E-state index >= 15 is 0 Å². The average Bonchev–Trinajstić information content (AvgIpc) is 2.81. The van der Waals surface area contributed by atoms with Gasteiger partial charge in [-0.05, 0) is 52.2 Å². The summed E-state index contributed by atoms with van der Waals surface area (Å²) in [4.78, 5) is 12.2. The first kappa shape index (κ1) is 21.5. The van der Waals surface area contributed by atoms with Gasteiger partial charge in [0, 0.05) is 10.6 Å². The molecule has 0 heterocycles. The van der Waals surface area contributed by atoms with Gasteiger partial charge < -0.3 is 4.74 Å². The molecular weight excluding hydrogens is 427 g/mol. The molecule has 1 N–H and O–H groups in total. The Bertz CT molecular complexity index is 1260. The molecule has 0 fully saturated rings. The largest absolute Gasteiger partial charge is 0.488 e. The molecule has 0 atom stereocenters. The van der Waals surface area contributed by atoms with Gasteiger partial charge in [0.05, 0.1) is 12.6 Å². The van der Waals surface area contributed by atoms with Crippen molar-refractivity contribution in [1.82, 2.24) is 5.43 Å². The highest BCUT2D eigenvalue weighted by molar-refractivity contribution is 6.30. The maximum atomic E-state index is 13.0. The molecule has 4 nitrogen and oxygen atoms in total.